The third-order valence-corrected chi connectivity index (χ3v) is 3.18. The molecule has 0 saturated carbocycles. The summed E-state index contributed by atoms with van der Waals surface area (Å²) in [5, 5.41) is 30.1. The predicted octanol–water partition coefficient (Wildman–Crippen LogP) is 2.30. The topological polar surface area (TPSA) is 99.3 Å². The molecule has 3 rings (SSSR count). The van der Waals surface area contributed by atoms with Gasteiger partial charge in [0.05, 0.1) is 6.21 Å². The fourth-order valence-corrected chi connectivity index (χ4v) is 2.03. The van der Waals surface area contributed by atoms with Gasteiger partial charge < -0.3 is 10.2 Å². The first-order chi connectivity index (χ1) is 10.6. The van der Waals surface area contributed by atoms with E-state index in [-0.39, 0.29) is 11.5 Å². The Bertz CT molecular complexity index is 886. The Hall–Kier alpha value is -3.00. The molecule has 22 heavy (non-hydrogen) atoms. The van der Waals surface area contributed by atoms with Crippen LogP contribution in [0.4, 0.5) is 0 Å². The third kappa shape index (κ3) is 2.72. The maximum Gasteiger partial charge on any atom is 0.216 e. The summed E-state index contributed by atoms with van der Waals surface area (Å²) in [4.78, 5) is 3.95. The zero-order chi connectivity index (χ0) is 15.5. The van der Waals surface area contributed by atoms with E-state index in [0.717, 1.165) is 5.56 Å². The summed E-state index contributed by atoms with van der Waals surface area (Å²) in [7, 11) is 0. The standard InChI is InChI=1S/C14H11N5O2S/c20-11-2-1-10(12(21)7-11)8-16-19-13(17-18-14(19)22)9-3-5-15-6-4-9/h1-8,20-21H,(H,18,22)/b16-8+. The van der Waals surface area contributed by atoms with Gasteiger partial charge >= 0.3 is 0 Å². The average molecular weight is 313 g/mol. The molecule has 0 aliphatic rings. The monoisotopic (exact) mass is 313 g/mol. The number of hydrogen-bond donors (Lipinski definition) is 3. The molecule has 2 aromatic heterocycles. The van der Waals surface area contributed by atoms with Gasteiger partial charge in [0.1, 0.15) is 11.5 Å². The van der Waals surface area contributed by atoms with Crippen LogP contribution in [0, 0.1) is 4.77 Å². The third-order valence-electron chi connectivity index (χ3n) is 2.92. The van der Waals surface area contributed by atoms with Gasteiger partial charge in [-0.25, -0.2) is 5.10 Å². The molecule has 0 saturated heterocycles. The number of phenolic OH excluding ortho intramolecular Hbond substituents is 2. The Morgan fingerprint density at radius 1 is 1.18 bits per heavy atom. The minimum atomic E-state index is -0.0794. The molecule has 0 radical (unpaired) electrons. The number of rotatable bonds is 3. The van der Waals surface area contributed by atoms with Crippen molar-refractivity contribution >= 4 is 18.4 Å². The number of aromatic amines is 1. The molecule has 3 aromatic rings. The highest BCUT2D eigenvalue weighted by Gasteiger charge is 2.07. The van der Waals surface area contributed by atoms with Crippen LogP contribution in [0.1, 0.15) is 5.56 Å². The molecule has 0 spiro atoms. The van der Waals surface area contributed by atoms with Gasteiger partial charge in [0, 0.05) is 29.6 Å². The van der Waals surface area contributed by atoms with Gasteiger partial charge in [-0.15, -0.1) is 0 Å². The van der Waals surface area contributed by atoms with Gasteiger partial charge in [-0.3, -0.25) is 4.98 Å². The molecule has 8 heteroatoms. The van der Waals surface area contributed by atoms with E-state index in [1.165, 1.54) is 23.0 Å². The molecule has 0 bridgehead atoms. The van der Waals surface area contributed by atoms with Crippen molar-refractivity contribution in [1.29, 1.82) is 0 Å². The highest BCUT2D eigenvalue weighted by Crippen LogP contribution is 2.21. The fraction of sp³-hybridized carbons (Fsp3) is 0. The molecule has 0 unspecified atom stereocenters. The first kappa shape index (κ1) is 14.0. The van der Waals surface area contributed by atoms with Crippen molar-refractivity contribution in [3.8, 4) is 22.9 Å². The lowest BCUT2D eigenvalue weighted by Crippen LogP contribution is -1.95. The zero-order valence-corrected chi connectivity index (χ0v) is 12.0. The number of H-pyrrole nitrogens is 1. The summed E-state index contributed by atoms with van der Waals surface area (Å²) in [5.74, 6) is 0.429. The van der Waals surface area contributed by atoms with E-state index < -0.39 is 0 Å². The highest BCUT2D eigenvalue weighted by molar-refractivity contribution is 7.71. The van der Waals surface area contributed by atoms with Gasteiger partial charge in [-0.1, -0.05) is 0 Å². The second kappa shape index (κ2) is 5.78. The highest BCUT2D eigenvalue weighted by atomic mass is 32.1. The van der Waals surface area contributed by atoms with E-state index in [2.05, 4.69) is 20.3 Å². The van der Waals surface area contributed by atoms with E-state index in [0.29, 0.717) is 16.2 Å². The molecule has 110 valence electrons. The van der Waals surface area contributed by atoms with Crippen molar-refractivity contribution in [2.24, 2.45) is 5.10 Å². The lowest BCUT2D eigenvalue weighted by molar-refractivity contribution is 0.450. The fourth-order valence-electron chi connectivity index (χ4n) is 1.85. The summed E-state index contributed by atoms with van der Waals surface area (Å²) in [6.07, 6.45) is 4.73. The van der Waals surface area contributed by atoms with Crippen LogP contribution >= 0.6 is 12.2 Å². The predicted molar refractivity (Wildman–Crippen MR) is 83.4 cm³/mol. The number of aromatic hydroxyl groups is 2. The van der Waals surface area contributed by atoms with Crippen LogP contribution in [-0.2, 0) is 0 Å². The molecular formula is C14H11N5O2S. The minimum Gasteiger partial charge on any atom is -0.508 e. The molecule has 3 N–H and O–H groups in total. The van der Waals surface area contributed by atoms with Crippen LogP contribution in [0.3, 0.4) is 0 Å². The second-order valence-corrected chi connectivity index (χ2v) is 4.77. The Labute approximate surface area is 130 Å². The van der Waals surface area contributed by atoms with Gasteiger partial charge in [-0.05, 0) is 36.5 Å². The van der Waals surface area contributed by atoms with E-state index in [9.17, 15) is 10.2 Å². The molecule has 0 fully saturated rings. The Balaban J connectivity index is 2.01. The quantitative estimate of drug-likeness (QED) is 0.509. The molecule has 0 atom stereocenters. The molecule has 2 heterocycles. The Kier molecular flexibility index (Phi) is 3.67. The van der Waals surface area contributed by atoms with Gasteiger partial charge in [0.25, 0.3) is 0 Å². The first-order valence-corrected chi connectivity index (χ1v) is 6.70. The normalized spacial score (nSPS) is 11.1. The van der Waals surface area contributed by atoms with Crippen molar-refractivity contribution in [2.75, 3.05) is 0 Å². The average Bonchev–Trinajstić information content (AvgIpc) is 2.88. The smallest absolute Gasteiger partial charge is 0.216 e. The SMILES string of the molecule is Oc1ccc(/C=N/n2c(-c3ccncc3)n[nH]c2=S)c(O)c1. The number of hydrogen-bond acceptors (Lipinski definition) is 6. The van der Waals surface area contributed by atoms with E-state index >= 15 is 0 Å². The van der Waals surface area contributed by atoms with Crippen molar-refractivity contribution in [3.63, 3.8) is 0 Å². The largest absolute Gasteiger partial charge is 0.508 e. The Morgan fingerprint density at radius 3 is 2.68 bits per heavy atom. The number of phenols is 2. The number of aromatic nitrogens is 4. The second-order valence-electron chi connectivity index (χ2n) is 4.39. The molecule has 7 nitrogen and oxygen atoms in total. The Morgan fingerprint density at radius 2 is 1.95 bits per heavy atom. The molecule has 0 aliphatic carbocycles. The molecular weight excluding hydrogens is 302 g/mol. The van der Waals surface area contributed by atoms with Crippen LogP contribution in [0.2, 0.25) is 0 Å². The summed E-state index contributed by atoms with van der Waals surface area (Å²) in [6, 6.07) is 7.81. The molecule has 0 aliphatic heterocycles. The lowest BCUT2D eigenvalue weighted by Gasteiger charge is -2.01. The van der Waals surface area contributed by atoms with Crippen molar-refractivity contribution in [3.05, 3.63) is 53.1 Å². The summed E-state index contributed by atoms with van der Waals surface area (Å²) >= 11 is 5.15. The van der Waals surface area contributed by atoms with Gasteiger partial charge in [-0.2, -0.15) is 14.9 Å². The first-order valence-electron chi connectivity index (χ1n) is 6.29. The van der Waals surface area contributed by atoms with Crippen LogP contribution in [0.5, 0.6) is 11.5 Å². The van der Waals surface area contributed by atoms with Crippen LogP contribution in [0.25, 0.3) is 11.4 Å². The number of nitrogens with one attached hydrogen (secondary N) is 1. The summed E-state index contributed by atoms with van der Waals surface area (Å²) in [6.45, 7) is 0. The van der Waals surface area contributed by atoms with E-state index in [1.54, 1.807) is 30.6 Å². The lowest BCUT2D eigenvalue weighted by atomic mass is 10.2. The number of pyridine rings is 1. The maximum atomic E-state index is 9.76. The summed E-state index contributed by atoms with van der Waals surface area (Å²) < 4.78 is 1.76. The van der Waals surface area contributed by atoms with Crippen molar-refractivity contribution in [1.82, 2.24) is 19.9 Å². The van der Waals surface area contributed by atoms with Crippen molar-refractivity contribution < 1.29 is 10.2 Å². The van der Waals surface area contributed by atoms with Gasteiger partial charge in [0.2, 0.25) is 4.77 Å². The van der Waals surface area contributed by atoms with E-state index in [4.69, 9.17) is 12.2 Å². The van der Waals surface area contributed by atoms with Crippen molar-refractivity contribution in [2.45, 2.75) is 0 Å². The van der Waals surface area contributed by atoms with E-state index in [1.807, 2.05) is 0 Å². The van der Waals surface area contributed by atoms with Crippen LogP contribution < -0.4 is 0 Å². The summed E-state index contributed by atoms with van der Waals surface area (Å²) in [5.41, 5.74) is 1.25. The molecule has 0 amide bonds. The zero-order valence-electron chi connectivity index (χ0n) is 11.2. The van der Waals surface area contributed by atoms with Crippen LogP contribution in [0.15, 0.2) is 47.8 Å². The van der Waals surface area contributed by atoms with Crippen LogP contribution in [-0.4, -0.2) is 36.3 Å². The number of benzene rings is 1. The van der Waals surface area contributed by atoms with Gasteiger partial charge in [0.15, 0.2) is 5.82 Å². The molecule has 1 aromatic carbocycles. The maximum absolute atomic E-state index is 9.76. The minimum absolute atomic E-state index is 0.0213. The number of nitrogens with zero attached hydrogens (tertiary/aromatic N) is 4.